The van der Waals surface area contributed by atoms with Crippen LogP contribution in [0, 0.1) is 0 Å². The first kappa shape index (κ1) is 18.0. The van der Waals surface area contributed by atoms with E-state index in [9.17, 15) is 18.3 Å². The van der Waals surface area contributed by atoms with Gasteiger partial charge < -0.3 is 14.6 Å². The van der Waals surface area contributed by atoms with Crippen molar-refractivity contribution in [2.45, 2.75) is 31.8 Å². The molecule has 0 saturated carbocycles. The fraction of sp³-hybridized carbons (Fsp3) is 0.350. The number of hydrogen-bond donors (Lipinski definition) is 1. The Bertz CT molecular complexity index is 966. The highest BCUT2D eigenvalue weighted by Crippen LogP contribution is 2.37. The predicted octanol–water partition coefficient (Wildman–Crippen LogP) is 3.78. The normalized spacial score (nSPS) is 16.5. The number of fused-ring (bicyclic) bond motifs is 3. The summed E-state index contributed by atoms with van der Waals surface area (Å²) in [6.07, 6.45) is -1.15. The van der Waals surface area contributed by atoms with Crippen molar-refractivity contribution < 1.29 is 18.3 Å². The van der Waals surface area contributed by atoms with Gasteiger partial charge in [-0.1, -0.05) is 0 Å². The van der Waals surface area contributed by atoms with Gasteiger partial charge >= 0.3 is 6.18 Å². The molecular formula is C20H20F3N3O. The first-order valence-electron chi connectivity index (χ1n) is 8.82. The first-order chi connectivity index (χ1) is 12.8. The van der Waals surface area contributed by atoms with E-state index in [-0.39, 0.29) is 0 Å². The summed E-state index contributed by atoms with van der Waals surface area (Å²) in [6.45, 7) is 1.73. The van der Waals surface area contributed by atoms with Gasteiger partial charge in [0.25, 0.3) is 0 Å². The lowest BCUT2D eigenvalue weighted by molar-refractivity contribution is -0.137. The Balaban J connectivity index is 1.82. The highest BCUT2D eigenvalue weighted by Gasteiger charge is 2.32. The number of aliphatic hydroxyl groups is 1. The third kappa shape index (κ3) is 3.33. The molecule has 1 unspecified atom stereocenters. The molecule has 1 aliphatic rings. The van der Waals surface area contributed by atoms with Crippen molar-refractivity contribution in [1.29, 1.82) is 0 Å². The third-order valence-electron chi connectivity index (χ3n) is 5.22. The molecule has 7 heteroatoms. The summed E-state index contributed by atoms with van der Waals surface area (Å²) in [5, 5.41) is 11.3. The van der Waals surface area contributed by atoms with E-state index in [2.05, 4.69) is 9.88 Å². The Labute approximate surface area is 154 Å². The topological polar surface area (TPSA) is 41.3 Å². The fourth-order valence-corrected chi connectivity index (χ4v) is 3.83. The van der Waals surface area contributed by atoms with Gasteiger partial charge in [0, 0.05) is 48.5 Å². The molecule has 0 saturated heterocycles. The van der Waals surface area contributed by atoms with E-state index >= 15 is 0 Å². The van der Waals surface area contributed by atoms with Crippen LogP contribution in [0.4, 0.5) is 13.2 Å². The number of aromatic nitrogens is 2. The Hall–Kier alpha value is -2.38. The molecule has 142 valence electrons. The minimum absolute atomic E-state index is 0.297. The Morgan fingerprint density at radius 3 is 2.63 bits per heavy atom. The molecule has 0 fully saturated rings. The smallest absolute Gasteiger partial charge is 0.387 e. The average molecular weight is 375 g/mol. The van der Waals surface area contributed by atoms with Crippen molar-refractivity contribution in [2.24, 2.45) is 0 Å². The van der Waals surface area contributed by atoms with Crippen LogP contribution >= 0.6 is 0 Å². The second-order valence-corrected chi connectivity index (χ2v) is 7.05. The zero-order chi connectivity index (χ0) is 19.2. The number of rotatable bonds is 3. The molecule has 0 amide bonds. The molecule has 27 heavy (non-hydrogen) atoms. The maximum atomic E-state index is 13.2. The SMILES string of the molecule is CN1CCc2c(c3cc(C(F)(F)F)ccc3n2CC(O)c2ccncc2)C1. The standard InChI is InChI=1S/C20H20F3N3O/c1-25-9-6-18-16(11-25)15-10-14(20(21,22)23)2-3-17(15)26(18)12-19(27)13-4-7-24-8-5-13/h2-5,7-8,10,19,27H,6,9,11-12H2,1H3. The lowest BCUT2D eigenvalue weighted by Gasteiger charge is -2.25. The molecule has 0 radical (unpaired) electrons. The van der Waals surface area contributed by atoms with Crippen LogP contribution in [0.25, 0.3) is 10.9 Å². The molecule has 3 aromatic rings. The van der Waals surface area contributed by atoms with Gasteiger partial charge in [0.15, 0.2) is 0 Å². The lowest BCUT2D eigenvalue weighted by atomic mass is 10.0. The Morgan fingerprint density at radius 2 is 1.93 bits per heavy atom. The van der Waals surface area contributed by atoms with Gasteiger partial charge in [0.05, 0.1) is 18.2 Å². The first-order valence-corrected chi connectivity index (χ1v) is 8.82. The van der Waals surface area contributed by atoms with Gasteiger partial charge in [-0.2, -0.15) is 13.2 Å². The molecule has 1 atom stereocenters. The largest absolute Gasteiger partial charge is 0.416 e. The van der Waals surface area contributed by atoms with E-state index in [1.165, 1.54) is 12.1 Å². The van der Waals surface area contributed by atoms with Crippen molar-refractivity contribution in [1.82, 2.24) is 14.5 Å². The number of aliphatic hydroxyl groups excluding tert-OH is 1. The summed E-state index contributed by atoms with van der Waals surface area (Å²) in [4.78, 5) is 6.06. The second kappa shape index (κ2) is 6.65. The van der Waals surface area contributed by atoms with Crippen molar-refractivity contribution in [2.75, 3.05) is 13.6 Å². The zero-order valence-corrected chi connectivity index (χ0v) is 14.9. The quantitative estimate of drug-likeness (QED) is 0.758. The highest BCUT2D eigenvalue weighted by atomic mass is 19.4. The van der Waals surface area contributed by atoms with Crippen molar-refractivity contribution in [3.8, 4) is 0 Å². The van der Waals surface area contributed by atoms with E-state index in [0.29, 0.717) is 18.5 Å². The molecule has 2 aromatic heterocycles. The van der Waals surface area contributed by atoms with E-state index < -0.39 is 17.8 Å². The van der Waals surface area contributed by atoms with Crippen molar-refractivity contribution in [3.63, 3.8) is 0 Å². The molecular weight excluding hydrogens is 355 g/mol. The average Bonchev–Trinajstić information content (AvgIpc) is 2.94. The number of alkyl halides is 3. The van der Waals surface area contributed by atoms with Crippen LogP contribution in [0.2, 0.25) is 0 Å². The minimum Gasteiger partial charge on any atom is -0.387 e. The summed E-state index contributed by atoms with van der Waals surface area (Å²) in [6, 6.07) is 7.38. The van der Waals surface area contributed by atoms with E-state index in [1.54, 1.807) is 24.5 Å². The summed E-state index contributed by atoms with van der Waals surface area (Å²) in [5.41, 5.74) is 2.76. The summed E-state index contributed by atoms with van der Waals surface area (Å²) >= 11 is 0. The van der Waals surface area contributed by atoms with Gasteiger partial charge in [0.2, 0.25) is 0 Å². The summed E-state index contributed by atoms with van der Waals surface area (Å²) in [5.74, 6) is 0. The van der Waals surface area contributed by atoms with Gasteiger partial charge in [-0.25, -0.2) is 0 Å². The van der Waals surface area contributed by atoms with Crippen LogP contribution in [0.3, 0.4) is 0 Å². The number of nitrogens with zero attached hydrogens (tertiary/aromatic N) is 3. The van der Waals surface area contributed by atoms with E-state index in [4.69, 9.17) is 0 Å². The summed E-state index contributed by atoms with van der Waals surface area (Å²) in [7, 11) is 1.96. The Kier molecular flexibility index (Phi) is 4.44. The van der Waals surface area contributed by atoms with Crippen LogP contribution in [0.5, 0.6) is 0 Å². The molecule has 0 spiro atoms. The summed E-state index contributed by atoms with van der Waals surface area (Å²) < 4.78 is 41.6. The van der Waals surface area contributed by atoms with Crippen LogP contribution in [-0.4, -0.2) is 33.1 Å². The number of pyridine rings is 1. The molecule has 0 aliphatic carbocycles. The molecule has 1 N–H and O–H groups in total. The molecule has 3 heterocycles. The molecule has 4 rings (SSSR count). The molecule has 4 nitrogen and oxygen atoms in total. The van der Waals surface area contributed by atoms with Gasteiger partial charge in [0.1, 0.15) is 0 Å². The van der Waals surface area contributed by atoms with Gasteiger partial charge in [-0.15, -0.1) is 0 Å². The third-order valence-corrected chi connectivity index (χ3v) is 5.22. The lowest BCUT2D eigenvalue weighted by Crippen LogP contribution is -2.27. The molecule has 1 aliphatic heterocycles. The fourth-order valence-electron chi connectivity index (χ4n) is 3.83. The molecule has 0 bridgehead atoms. The number of benzene rings is 1. The monoisotopic (exact) mass is 375 g/mol. The highest BCUT2D eigenvalue weighted by molar-refractivity contribution is 5.86. The van der Waals surface area contributed by atoms with E-state index in [1.807, 2.05) is 11.6 Å². The zero-order valence-electron chi connectivity index (χ0n) is 14.9. The van der Waals surface area contributed by atoms with Crippen LogP contribution in [0.15, 0.2) is 42.7 Å². The number of likely N-dealkylation sites (N-methyl/N-ethyl adjacent to an activating group) is 1. The Morgan fingerprint density at radius 1 is 1.19 bits per heavy atom. The van der Waals surface area contributed by atoms with Crippen LogP contribution < -0.4 is 0 Å². The number of halogens is 3. The molecule has 1 aromatic carbocycles. The maximum absolute atomic E-state index is 13.2. The number of hydrogen-bond acceptors (Lipinski definition) is 3. The van der Waals surface area contributed by atoms with Crippen molar-refractivity contribution >= 4 is 10.9 Å². The van der Waals surface area contributed by atoms with E-state index in [0.717, 1.165) is 41.4 Å². The predicted molar refractivity (Wildman–Crippen MR) is 96.2 cm³/mol. The second-order valence-electron chi connectivity index (χ2n) is 7.05. The maximum Gasteiger partial charge on any atom is 0.416 e. The van der Waals surface area contributed by atoms with Gasteiger partial charge in [-0.05, 0) is 48.5 Å². The van der Waals surface area contributed by atoms with Crippen molar-refractivity contribution in [3.05, 3.63) is 65.1 Å². The van der Waals surface area contributed by atoms with Crippen LogP contribution in [-0.2, 0) is 25.7 Å². The minimum atomic E-state index is -4.37. The van der Waals surface area contributed by atoms with Gasteiger partial charge in [-0.3, -0.25) is 4.98 Å². The van der Waals surface area contributed by atoms with Crippen LogP contribution in [0.1, 0.15) is 28.5 Å².